The van der Waals surface area contributed by atoms with E-state index >= 15 is 0 Å². The molecule has 21 heavy (non-hydrogen) atoms. The lowest BCUT2D eigenvalue weighted by molar-refractivity contribution is -0.00961. The number of nitrogens with zero attached hydrogens (tertiary/aromatic N) is 2. The van der Waals surface area contributed by atoms with Gasteiger partial charge in [-0.1, -0.05) is 17.3 Å². The average molecular weight is 288 g/mol. The lowest BCUT2D eigenvalue weighted by Crippen LogP contribution is -2.29. The van der Waals surface area contributed by atoms with Crippen LogP contribution in [0.2, 0.25) is 0 Å². The van der Waals surface area contributed by atoms with Crippen LogP contribution in [0, 0.1) is 0 Å². The van der Waals surface area contributed by atoms with E-state index < -0.39 is 0 Å². The maximum Gasteiger partial charge on any atom is 0.229 e. The normalized spacial score (nSPS) is 21.0. The minimum absolute atomic E-state index is 0.355. The monoisotopic (exact) mass is 288 g/mol. The van der Waals surface area contributed by atoms with Crippen LogP contribution in [0.15, 0.2) is 28.8 Å². The summed E-state index contributed by atoms with van der Waals surface area (Å²) in [6, 6.07) is 7.92. The van der Waals surface area contributed by atoms with E-state index in [2.05, 4.69) is 10.1 Å². The van der Waals surface area contributed by atoms with Crippen LogP contribution in [0.5, 0.6) is 5.75 Å². The molecule has 3 rings (SSSR count). The molecule has 0 aliphatic heterocycles. The molecule has 5 nitrogen and oxygen atoms in total. The summed E-state index contributed by atoms with van der Waals surface area (Å²) in [7, 11) is 1.66. The Kier molecular flexibility index (Phi) is 4.20. The number of ether oxygens (including phenoxy) is 2. The number of aromatic nitrogens is 2. The fraction of sp³-hybridized carbons (Fsp3) is 0.500. The van der Waals surface area contributed by atoms with E-state index in [1.165, 1.54) is 0 Å². The molecule has 0 saturated heterocycles. The smallest absolute Gasteiger partial charge is 0.229 e. The Morgan fingerprint density at radius 1 is 1.33 bits per heavy atom. The van der Waals surface area contributed by atoms with Crippen LogP contribution in [-0.4, -0.2) is 30.0 Å². The molecule has 1 aliphatic rings. The molecule has 0 spiro atoms. The molecule has 1 aliphatic carbocycles. The molecule has 112 valence electrons. The molecule has 1 saturated carbocycles. The Bertz CT molecular complexity index is 591. The SMILES string of the molecule is CCOC1CC(c2nc(Cc3cccc(OC)c3)no2)C1. The van der Waals surface area contributed by atoms with Gasteiger partial charge in [-0.05, 0) is 37.5 Å². The highest BCUT2D eigenvalue weighted by atomic mass is 16.5. The Morgan fingerprint density at radius 3 is 2.95 bits per heavy atom. The van der Waals surface area contributed by atoms with Gasteiger partial charge in [-0.3, -0.25) is 0 Å². The van der Waals surface area contributed by atoms with Gasteiger partial charge in [0.1, 0.15) is 5.75 Å². The molecular weight excluding hydrogens is 268 g/mol. The summed E-state index contributed by atoms with van der Waals surface area (Å²) in [6.45, 7) is 2.79. The van der Waals surface area contributed by atoms with Crippen LogP contribution in [0.25, 0.3) is 0 Å². The van der Waals surface area contributed by atoms with Crippen LogP contribution < -0.4 is 4.74 Å². The van der Waals surface area contributed by atoms with Crippen molar-refractivity contribution in [3.63, 3.8) is 0 Å². The van der Waals surface area contributed by atoms with Crippen LogP contribution in [0.1, 0.15) is 43.0 Å². The van der Waals surface area contributed by atoms with Crippen LogP contribution in [-0.2, 0) is 11.2 Å². The van der Waals surface area contributed by atoms with Gasteiger partial charge in [0.2, 0.25) is 5.89 Å². The zero-order valence-corrected chi connectivity index (χ0v) is 12.4. The molecule has 1 heterocycles. The summed E-state index contributed by atoms with van der Waals surface area (Å²) in [5.41, 5.74) is 1.11. The average Bonchev–Trinajstić information content (AvgIpc) is 2.90. The first-order valence-corrected chi connectivity index (χ1v) is 7.35. The quantitative estimate of drug-likeness (QED) is 0.818. The standard InChI is InChI=1S/C16H20N2O3/c1-3-20-14-9-12(10-14)16-17-15(18-21-16)8-11-5-4-6-13(7-11)19-2/h4-7,12,14H,3,8-10H2,1-2H3. The Balaban J connectivity index is 1.60. The van der Waals surface area contributed by atoms with Gasteiger partial charge in [0.05, 0.1) is 13.2 Å². The van der Waals surface area contributed by atoms with Crippen molar-refractivity contribution in [1.29, 1.82) is 0 Å². The summed E-state index contributed by atoms with van der Waals surface area (Å²) in [6.07, 6.45) is 2.97. The summed E-state index contributed by atoms with van der Waals surface area (Å²) < 4.78 is 16.1. The molecule has 0 atom stereocenters. The van der Waals surface area contributed by atoms with Crippen molar-refractivity contribution in [2.75, 3.05) is 13.7 Å². The van der Waals surface area contributed by atoms with E-state index in [9.17, 15) is 0 Å². The van der Waals surface area contributed by atoms with E-state index in [0.29, 0.717) is 18.4 Å². The van der Waals surface area contributed by atoms with Gasteiger partial charge in [-0.2, -0.15) is 4.98 Å². The van der Waals surface area contributed by atoms with Gasteiger partial charge in [0, 0.05) is 18.9 Å². The lowest BCUT2D eigenvalue weighted by Gasteiger charge is -2.32. The maximum absolute atomic E-state index is 5.55. The summed E-state index contributed by atoms with van der Waals surface area (Å²) >= 11 is 0. The molecule has 0 N–H and O–H groups in total. The molecule has 0 bridgehead atoms. The molecule has 2 aromatic rings. The molecule has 1 fully saturated rings. The first kappa shape index (κ1) is 14.1. The fourth-order valence-electron chi connectivity index (χ4n) is 2.61. The Labute approximate surface area is 124 Å². The van der Waals surface area contributed by atoms with Crippen molar-refractivity contribution >= 4 is 0 Å². The molecule has 0 unspecified atom stereocenters. The van der Waals surface area contributed by atoms with Crippen LogP contribution in [0.4, 0.5) is 0 Å². The zero-order chi connectivity index (χ0) is 14.7. The molecule has 1 aromatic heterocycles. The van der Waals surface area contributed by atoms with E-state index in [1.807, 2.05) is 31.2 Å². The highest BCUT2D eigenvalue weighted by Gasteiger charge is 2.34. The summed E-state index contributed by atoms with van der Waals surface area (Å²) in [5, 5.41) is 4.07. The zero-order valence-electron chi connectivity index (χ0n) is 12.4. The first-order valence-electron chi connectivity index (χ1n) is 7.35. The van der Waals surface area contributed by atoms with Crippen molar-refractivity contribution in [2.24, 2.45) is 0 Å². The number of rotatable bonds is 6. The molecule has 5 heteroatoms. The lowest BCUT2D eigenvalue weighted by atomic mass is 9.82. The van der Waals surface area contributed by atoms with Crippen molar-refractivity contribution in [1.82, 2.24) is 10.1 Å². The Hall–Kier alpha value is -1.88. The van der Waals surface area contributed by atoms with Gasteiger partial charge in [0.15, 0.2) is 5.82 Å². The maximum atomic E-state index is 5.55. The predicted octanol–water partition coefficient (Wildman–Crippen LogP) is 2.95. The van der Waals surface area contributed by atoms with Crippen molar-refractivity contribution in [3.05, 3.63) is 41.5 Å². The molecular formula is C16H20N2O3. The van der Waals surface area contributed by atoms with Crippen molar-refractivity contribution in [2.45, 2.75) is 38.2 Å². The van der Waals surface area contributed by atoms with E-state index in [-0.39, 0.29) is 0 Å². The topological polar surface area (TPSA) is 57.4 Å². The number of hydrogen-bond acceptors (Lipinski definition) is 5. The number of methoxy groups -OCH3 is 1. The second-order valence-corrected chi connectivity index (χ2v) is 5.32. The third-order valence-corrected chi connectivity index (χ3v) is 3.83. The first-order chi connectivity index (χ1) is 10.3. The highest BCUT2D eigenvalue weighted by Crippen LogP contribution is 2.37. The number of benzene rings is 1. The van der Waals surface area contributed by atoms with E-state index in [1.54, 1.807) is 7.11 Å². The molecule has 0 radical (unpaired) electrons. The van der Waals surface area contributed by atoms with E-state index in [0.717, 1.165) is 42.5 Å². The fourth-order valence-corrected chi connectivity index (χ4v) is 2.61. The third-order valence-electron chi connectivity index (χ3n) is 3.83. The van der Waals surface area contributed by atoms with Crippen LogP contribution >= 0.6 is 0 Å². The van der Waals surface area contributed by atoms with Crippen molar-refractivity contribution in [3.8, 4) is 5.75 Å². The molecule has 1 aromatic carbocycles. The summed E-state index contributed by atoms with van der Waals surface area (Å²) in [4.78, 5) is 4.50. The molecule has 0 amide bonds. The van der Waals surface area contributed by atoms with Crippen molar-refractivity contribution < 1.29 is 14.0 Å². The van der Waals surface area contributed by atoms with Gasteiger partial charge in [-0.25, -0.2) is 0 Å². The van der Waals surface area contributed by atoms with Gasteiger partial charge in [-0.15, -0.1) is 0 Å². The van der Waals surface area contributed by atoms with Gasteiger partial charge < -0.3 is 14.0 Å². The minimum atomic E-state index is 0.355. The highest BCUT2D eigenvalue weighted by molar-refractivity contribution is 5.30. The second-order valence-electron chi connectivity index (χ2n) is 5.32. The van der Waals surface area contributed by atoms with Crippen LogP contribution in [0.3, 0.4) is 0 Å². The van der Waals surface area contributed by atoms with Gasteiger partial charge in [0.25, 0.3) is 0 Å². The Morgan fingerprint density at radius 2 is 2.19 bits per heavy atom. The van der Waals surface area contributed by atoms with E-state index in [4.69, 9.17) is 14.0 Å². The van der Waals surface area contributed by atoms with Gasteiger partial charge >= 0.3 is 0 Å². The second kappa shape index (κ2) is 6.26. The largest absolute Gasteiger partial charge is 0.497 e. The number of hydrogen-bond donors (Lipinski definition) is 0. The predicted molar refractivity (Wildman–Crippen MR) is 77.5 cm³/mol. The minimum Gasteiger partial charge on any atom is -0.497 e. The third kappa shape index (κ3) is 3.24. The summed E-state index contributed by atoms with van der Waals surface area (Å²) in [5.74, 6) is 2.66.